The van der Waals surface area contributed by atoms with Crippen LogP contribution >= 0.6 is 11.6 Å². The first-order valence-corrected chi connectivity index (χ1v) is 10.3. The molecule has 0 radical (unpaired) electrons. The Morgan fingerprint density at radius 2 is 2.00 bits per heavy atom. The average molecular weight is 408 g/mol. The molecule has 29 heavy (non-hydrogen) atoms. The molecule has 5 rings (SSSR count). The van der Waals surface area contributed by atoms with Crippen LogP contribution in [0.4, 0.5) is 5.69 Å². The summed E-state index contributed by atoms with van der Waals surface area (Å²) in [6.07, 6.45) is 3.55. The number of hydrogen-bond acceptors (Lipinski definition) is 4. The number of halogens is 1. The number of fused-ring (bicyclic) bond motifs is 2. The van der Waals surface area contributed by atoms with Crippen molar-refractivity contribution in [1.29, 1.82) is 0 Å². The molecule has 2 aromatic carbocycles. The average Bonchev–Trinajstić information content (AvgIpc) is 3.16. The van der Waals surface area contributed by atoms with Crippen LogP contribution in [0.1, 0.15) is 19.3 Å². The smallest absolute Gasteiger partial charge is 0.261 e. The number of aromatic amines is 2. The maximum absolute atomic E-state index is 13.1. The van der Waals surface area contributed by atoms with E-state index in [1.807, 2.05) is 36.4 Å². The van der Waals surface area contributed by atoms with Gasteiger partial charge in [0.25, 0.3) is 5.56 Å². The molecule has 0 saturated carbocycles. The zero-order valence-electron chi connectivity index (χ0n) is 15.9. The Balaban J connectivity index is 1.66. The van der Waals surface area contributed by atoms with E-state index in [9.17, 15) is 4.79 Å². The summed E-state index contributed by atoms with van der Waals surface area (Å²) in [6, 6.07) is 13.7. The van der Waals surface area contributed by atoms with Crippen molar-refractivity contribution >= 4 is 39.2 Å². The zero-order chi connectivity index (χ0) is 19.8. The Morgan fingerprint density at radius 1 is 1.10 bits per heavy atom. The number of piperidine rings is 1. The third-order valence-electron chi connectivity index (χ3n) is 5.54. The number of imidazole rings is 1. The molecular weight excluding hydrogens is 386 g/mol. The Kier molecular flexibility index (Phi) is 4.73. The number of H-pyrrole nitrogens is 2. The SMILES string of the molecule is O=c1[nH]c2ccc(Cl)cc2c(NCC2CCCCN2)c1-c1nc2ccccc2[nH]1. The molecule has 1 unspecified atom stereocenters. The summed E-state index contributed by atoms with van der Waals surface area (Å²) < 4.78 is 0. The molecule has 7 heteroatoms. The lowest BCUT2D eigenvalue weighted by atomic mass is 10.0. The molecule has 1 saturated heterocycles. The third-order valence-corrected chi connectivity index (χ3v) is 5.78. The molecule has 3 heterocycles. The van der Waals surface area contributed by atoms with Gasteiger partial charge in [-0.15, -0.1) is 0 Å². The second kappa shape index (κ2) is 7.54. The number of para-hydroxylation sites is 2. The fraction of sp³-hybridized carbons (Fsp3) is 0.273. The fourth-order valence-corrected chi connectivity index (χ4v) is 4.24. The Hall–Kier alpha value is -2.83. The van der Waals surface area contributed by atoms with Crippen molar-refractivity contribution in [3.8, 4) is 11.4 Å². The highest BCUT2D eigenvalue weighted by Gasteiger charge is 2.20. The van der Waals surface area contributed by atoms with Gasteiger partial charge < -0.3 is 20.6 Å². The van der Waals surface area contributed by atoms with Gasteiger partial charge in [0, 0.05) is 23.0 Å². The Bertz CT molecular complexity index is 1210. The number of nitrogens with one attached hydrogen (secondary N) is 4. The van der Waals surface area contributed by atoms with Gasteiger partial charge in [0.2, 0.25) is 0 Å². The minimum atomic E-state index is -0.182. The fourth-order valence-electron chi connectivity index (χ4n) is 4.07. The summed E-state index contributed by atoms with van der Waals surface area (Å²) in [5.74, 6) is 0.549. The summed E-state index contributed by atoms with van der Waals surface area (Å²) in [6.45, 7) is 1.77. The summed E-state index contributed by atoms with van der Waals surface area (Å²) >= 11 is 6.29. The normalized spacial score (nSPS) is 17.1. The summed E-state index contributed by atoms with van der Waals surface area (Å²) in [5, 5.41) is 8.58. The van der Waals surface area contributed by atoms with Crippen LogP contribution in [0.15, 0.2) is 47.3 Å². The van der Waals surface area contributed by atoms with Crippen LogP contribution in [0.2, 0.25) is 5.02 Å². The molecule has 148 valence electrons. The standard InChI is InChI=1S/C22H22ClN5O/c23-13-8-9-16-15(11-13)20(25-12-14-5-3-4-10-24-14)19(22(29)28-16)21-26-17-6-1-2-7-18(17)27-21/h1-2,6-9,11,14,24H,3-5,10,12H2,(H,26,27)(H2,25,28,29). The van der Waals surface area contributed by atoms with Crippen LogP contribution in [-0.4, -0.2) is 34.1 Å². The van der Waals surface area contributed by atoms with Crippen molar-refractivity contribution in [2.75, 3.05) is 18.4 Å². The molecule has 2 aromatic heterocycles. The van der Waals surface area contributed by atoms with E-state index in [1.54, 1.807) is 6.07 Å². The van der Waals surface area contributed by atoms with E-state index >= 15 is 0 Å². The van der Waals surface area contributed by atoms with Crippen molar-refractivity contribution < 1.29 is 0 Å². The number of benzene rings is 2. The molecule has 0 spiro atoms. The zero-order valence-corrected chi connectivity index (χ0v) is 16.6. The molecule has 1 atom stereocenters. The lowest BCUT2D eigenvalue weighted by Gasteiger charge is -2.25. The van der Waals surface area contributed by atoms with Crippen LogP contribution < -0.4 is 16.2 Å². The summed E-state index contributed by atoms with van der Waals surface area (Å²) in [7, 11) is 0. The largest absolute Gasteiger partial charge is 0.382 e. The van der Waals surface area contributed by atoms with E-state index in [0.717, 1.165) is 47.1 Å². The van der Waals surface area contributed by atoms with Crippen molar-refractivity contribution in [3.05, 3.63) is 57.8 Å². The highest BCUT2D eigenvalue weighted by Crippen LogP contribution is 2.32. The minimum absolute atomic E-state index is 0.182. The van der Waals surface area contributed by atoms with Crippen LogP contribution in [-0.2, 0) is 0 Å². The van der Waals surface area contributed by atoms with Crippen molar-refractivity contribution in [3.63, 3.8) is 0 Å². The Labute approximate surface area is 172 Å². The number of hydrogen-bond donors (Lipinski definition) is 4. The predicted molar refractivity (Wildman–Crippen MR) is 119 cm³/mol. The number of nitrogens with zero attached hydrogens (tertiary/aromatic N) is 1. The predicted octanol–water partition coefficient (Wildman–Crippen LogP) is 4.28. The molecule has 0 bridgehead atoms. The molecule has 4 aromatic rings. The molecule has 6 nitrogen and oxygen atoms in total. The minimum Gasteiger partial charge on any atom is -0.382 e. The second-order valence-electron chi connectivity index (χ2n) is 7.52. The molecule has 0 aliphatic carbocycles. The molecule has 0 amide bonds. The molecular formula is C22H22ClN5O. The number of anilines is 1. The van der Waals surface area contributed by atoms with Crippen molar-refractivity contribution in [2.24, 2.45) is 0 Å². The third kappa shape index (κ3) is 3.50. The van der Waals surface area contributed by atoms with Gasteiger partial charge in [0.15, 0.2) is 0 Å². The maximum Gasteiger partial charge on any atom is 0.261 e. The van der Waals surface area contributed by atoms with Gasteiger partial charge in [0.05, 0.1) is 22.2 Å². The van der Waals surface area contributed by atoms with Gasteiger partial charge in [0.1, 0.15) is 11.4 Å². The molecule has 1 aliphatic heterocycles. The molecule has 1 fully saturated rings. The highest BCUT2D eigenvalue weighted by molar-refractivity contribution is 6.31. The van der Waals surface area contributed by atoms with E-state index in [4.69, 9.17) is 11.6 Å². The van der Waals surface area contributed by atoms with E-state index < -0.39 is 0 Å². The number of rotatable bonds is 4. The topological polar surface area (TPSA) is 85.6 Å². The van der Waals surface area contributed by atoms with Gasteiger partial charge in [-0.1, -0.05) is 30.2 Å². The Morgan fingerprint density at radius 3 is 2.83 bits per heavy atom. The second-order valence-corrected chi connectivity index (χ2v) is 7.96. The van der Waals surface area contributed by atoms with Gasteiger partial charge in [-0.3, -0.25) is 4.79 Å². The van der Waals surface area contributed by atoms with Crippen LogP contribution in [0, 0.1) is 0 Å². The first-order chi connectivity index (χ1) is 14.2. The van der Waals surface area contributed by atoms with Crippen molar-refractivity contribution in [2.45, 2.75) is 25.3 Å². The molecule has 1 aliphatic rings. The number of pyridine rings is 1. The van der Waals surface area contributed by atoms with E-state index in [2.05, 4.69) is 25.6 Å². The maximum atomic E-state index is 13.1. The van der Waals surface area contributed by atoms with Gasteiger partial charge in [-0.05, 0) is 49.7 Å². The van der Waals surface area contributed by atoms with Crippen LogP contribution in [0.25, 0.3) is 33.3 Å². The first-order valence-electron chi connectivity index (χ1n) is 9.97. The van der Waals surface area contributed by atoms with Gasteiger partial charge in [-0.2, -0.15) is 0 Å². The van der Waals surface area contributed by atoms with Crippen LogP contribution in [0.5, 0.6) is 0 Å². The van der Waals surface area contributed by atoms with Gasteiger partial charge >= 0.3 is 0 Å². The monoisotopic (exact) mass is 407 g/mol. The summed E-state index contributed by atoms with van der Waals surface area (Å²) in [5.41, 5.74) is 3.56. The quantitative estimate of drug-likeness (QED) is 0.406. The van der Waals surface area contributed by atoms with E-state index in [0.29, 0.717) is 22.5 Å². The van der Waals surface area contributed by atoms with Crippen molar-refractivity contribution in [1.82, 2.24) is 20.3 Å². The highest BCUT2D eigenvalue weighted by atomic mass is 35.5. The van der Waals surface area contributed by atoms with Gasteiger partial charge in [-0.25, -0.2) is 4.98 Å². The lowest BCUT2D eigenvalue weighted by Crippen LogP contribution is -2.39. The summed E-state index contributed by atoms with van der Waals surface area (Å²) in [4.78, 5) is 24.0. The lowest BCUT2D eigenvalue weighted by molar-refractivity contribution is 0.414. The van der Waals surface area contributed by atoms with E-state index in [-0.39, 0.29) is 5.56 Å². The first kappa shape index (κ1) is 18.2. The molecule has 4 N–H and O–H groups in total. The van der Waals surface area contributed by atoms with E-state index in [1.165, 1.54) is 12.8 Å². The number of aromatic nitrogens is 3. The van der Waals surface area contributed by atoms with Crippen LogP contribution in [0.3, 0.4) is 0 Å².